The van der Waals surface area contributed by atoms with Gasteiger partial charge in [0.2, 0.25) is 0 Å². The zero-order chi connectivity index (χ0) is 17.6. The van der Waals surface area contributed by atoms with Gasteiger partial charge in [0.1, 0.15) is 12.0 Å². The molecule has 3 aromatic rings. The molecule has 0 bridgehead atoms. The van der Waals surface area contributed by atoms with Gasteiger partial charge in [-0.25, -0.2) is 15.0 Å². The van der Waals surface area contributed by atoms with Gasteiger partial charge >= 0.3 is 0 Å². The molecule has 3 rings (SSSR count). The summed E-state index contributed by atoms with van der Waals surface area (Å²) in [5.74, 6) is 1.17. The zero-order valence-corrected chi connectivity index (χ0v) is 14.3. The summed E-state index contributed by atoms with van der Waals surface area (Å²) in [5, 5.41) is 5.24. The van der Waals surface area contributed by atoms with Gasteiger partial charge in [0.25, 0.3) is 0 Å². The zero-order valence-electron chi connectivity index (χ0n) is 14.3. The molecule has 25 heavy (non-hydrogen) atoms. The number of anilines is 3. The number of nitrogen functional groups attached to an aromatic ring is 1. The molecule has 0 saturated carbocycles. The Kier molecular flexibility index (Phi) is 5.11. The van der Waals surface area contributed by atoms with Crippen LogP contribution in [0.15, 0.2) is 67.0 Å². The third-order valence-electron chi connectivity index (χ3n) is 3.76. The standard InChI is InChI=1S/C19H22N6/c1-25(2)24-19-16(20)18(21-13-22-19)23-17(14-9-5-3-6-10-14)15-11-7-4-8-12-15/h3-13,17H,20H2,1-2H3,(H2,21,22,23,24). The molecule has 0 aliphatic heterocycles. The van der Waals surface area contributed by atoms with E-state index in [0.29, 0.717) is 17.3 Å². The maximum absolute atomic E-state index is 6.26. The highest BCUT2D eigenvalue weighted by molar-refractivity contribution is 5.74. The van der Waals surface area contributed by atoms with E-state index < -0.39 is 0 Å². The molecule has 1 aromatic heterocycles. The molecule has 0 unspecified atom stereocenters. The van der Waals surface area contributed by atoms with E-state index in [-0.39, 0.29) is 6.04 Å². The van der Waals surface area contributed by atoms with Gasteiger partial charge in [-0.3, -0.25) is 0 Å². The van der Waals surface area contributed by atoms with Gasteiger partial charge in [0, 0.05) is 14.1 Å². The Bertz CT molecular complexity index is 765. The molecule has 128 valence electrons. The molecule has 6 heteroatoms. The van der Waals surface area contributed by atoms with E-state index in [1.165, 1.54) is 6.33 Å². The third kappa shape index (κ3) is 4.05. The molecule has 1 heterocycles. The molecule has 2 aromatic carbocycles. The Labute approximate surface area is 147 Å². The summed E-state index contributed by atoms with van der Waals surface area (Å²) in [6, 6.07) is 20.4. The first-order valence-electron chi connectivity index (χ1n) is 8.06. The van der Waals surface area contributed by atoms with Crippen molar-refractivity contribution in [3.05, 3.63) is 78.1 Å². The Morgan fingerprint density at radius 3 is 1.88 bits per heavy atom. The lowest BCUT2D eigenvalue weighted by Crippen LogP contribution is -2.22. The number of hydrazine groups is 1. The summed E-state index contributed by atoms with van der Waals surface area (Å²) in [4.78, 5) is 8.53. The Morgan fingerprint density at radius 1 is 0.840 bits per heavy atom. The van der Waals surface area contributed by atoms with Crippen LogP contribution in [0.2, 0.25) is 0 Å². The van der Waals surface area contributed by atoms with Crippen molar-refractivity contribution in [2.45, 2.75) is 6.04 Å². The molecule has 4 N–H and O–H groups in total. The van der Waals surface area contributed by atoms with Crippen LogP contribution >= 0.6 is 0 Å². The van der Waals surface area contributed by atoms with Crippen molar-refractivity contribution in [3.63, 3.8) is 0 Å². The number of nitrogens with one attached hydrogen (secondary N) is 2. The normalized spacial score (nSPS) is 10.9. The summed E-state index contributed by atoms with van der Waals surface area (Å²) in [5.41, 5.74) is 12.1. The van der Waals surface area contributed by atoms with Gasteiger partial charge in [0.05, 0.1) is 6.04 Å². The number of aromatic nitrogens is 2. The summed E-state index contributed by atoms with van der Waals surface area (Å²) in [6.45, 7) is 0. The summed E-state index contributed by atoms with van der Waals surface area (Å²) in [6.07, 6.45) is 1.50. The van der Waals surface area contributed by atoms with Crippen LogP contribution in [0.5, 0.6) is 0 Å². The molecule has 6 nitrogen and oxygen atoms in total. The van der Waals surface area contributed by atoms with Crippen molar-refractivity contribution in [3.8, 4) is 0 Å². The highest BCUT2D eigenvalue weighted by atomic mass is 15.5. The van der Waals surface area contributed by atoms with E-state index in [4.69, 9.17) is 5.73 Å². The highest BCUT2D eigenvalue weighted by Gasteiger charge is 2.17. The molecule has 0 aliphatic carbocycles. The average Bonchev–Trinajstić information content (AvgIpc) is 2.63. The molecule has 0 saturated heterocycles. The van der Waals surface area contributed by atoms with E-state index >= 15 is 0 Å². The molecular weight excluding hydrogens is 312 g/mol. The van der Waals surface area contributed by atoms with Crippen LogP contribution in [0.4, 0.5) is 17.3 Å². The summed E-state index contributed by atoms with van der Waals surface area (Å²) >= 11 is 0. The topological polar surface area (TPSA) is 79.1 Å². The van der Waals surface area contributed by atoms with E-state index in [1.807, 2.05) is 50.5 Å². The fourth-order valence-electron chi connectivity index (χ4n) is 2.60. The van der Waals surface area contributed by atoms with Crippen LogP contribution in [-0.2, 0) is 0 Å². The fourth-order valence-corrected chi connectivity index (χ4v) is 2.60. The molecule has 0 aliphatic rings. The maximum atomic E-state index is 6.26. The second-order valence-electron chi connectivity index (χ2n) is 5.89. The number of nitrogens with zero attached hydrogens (tertiary/aromatic N) is 3. The van der Waals surface area contributed by atoms with Gasteiger partial charge in [-0.05, 0) is 11.1 Å². The van der Waals surface area contributed by atoms with Crippen molar-refractivity contribution in [2.24, 2.45) is 0 Å². The van der Waals surface area contributed by atoms with Crippen molar-refractivity contribution < 1.29 is 0 Å². The first kappa shape index (κ1) is 16.7. The largest absolute Gasteiger partial charge is 0.393 e. The van der Waals surface area contributed by atoms with Crippen molar-refractivity contribution in [1.29, 1.82) is 0 Å². The number of benzene rings is 2. The van der Waals surface area contributed by atoms with Gasteiger partial charge in [-0.1, -0.05) is 60.7 Å². The van der Waals surface area contributed by atoms with E-state index in [1.54, 1.807) is 5.01 Å². The number of nitrogens with two attached hydrogens (primary N) is 1. The summed E-state index contributed by atoms with van der Waals surface area (Å²) < 4.78 is 0. The van der Waals surface area contributed by atoms with Gasteiger partial charge in [-0.2, -0.15) is 0 Å². The molecule has 0 atom stereocenters. The monoisotopic (exact) mass is 334 g/mol. The maximum Gasteiger partial charge on any atom is 0.169 e. The molecule has 0 radical (unpaired) electrons. The predicted octanol–water partition coefficient (Wildman–Crippen LogP) is 3.15. The molecule has 0 fully saturated rings. The lowest BCUT2D eigenvalue weighted by molar-refractivity contribution is 0.492. The third-order valence-corrected chi connectivity index (χ3v) is 3.76. The lowest BCUT2D eigenvalue weighted by atomic mass is 9.99. The van der Waals surface area contributed by atoms with Crippen LogP contribution in [-0.4, -0.2) is 29.1 Å². The SMILES string of the molecule is CN(C)Nc1ncnc(NC(c2ccccc2)c2ccccc2)c1N. The van der Waals surface area contributed by atoms with Crippen molar-refractivity contribution >= 4 is 17.3 Å². The first-order chi connectivity index (χ1) is 12.1. The van der Waals surface area contributed by atoms with E-state index in [2.05, 4.69) is 45.0 Å². The van der Waals surface area contributed by atoms with Crippen LogP contribution < -0.4 is 16.5 Å². The molecular formula is C19H22N6. The number of hydrogen-bond donors (Lipinski definition) is 3. The summed E-state index contributed by atoms with van der Waals surface area (Å²) in [7, 11) is 3.76. The van der Waals surface area contributed by atoms with Crippen LogP contribution in [0.3, 0.4) is 0 Å². The quantitative estimate of drug-likeness (QED) is 0.601. The predicted molar refractivity (Wildman–Crippen MR) is 102 cm³/mol. The number of hydrogen-bond acceptors (Lipinski definition) is 6. The van der Waals surface area contributed by atoms with Crippen LogP contribution in [0, 0.1) is 0 Å². The van der Waals surface area contributed by atoms with Crippen LogP contribution in [0.1, 0.15) is 17.2 Å². The Hall–Kier alpha value is -3.12. The second-order valence-corrected chi connectivity index (χ2v) is 5.89. The van der Waals surface area contributed by atoms with Gasteiger partial charge in [-0.15, -0.1) is 0 Å². The Morgan fingerprint density at radius 2 is 1.36 bits per heavy atom. The Balaban J connectivity index is 1.97. The highest BCUT2D eigenvalue weighted by Crippen LogP contribution is 2.30. The van der Waals surface area contributed by atoms with Crippen LogP contribution in [0.25, 0.3) is 0 Å². The van der Waals surface area contributed by atoms with Gasteiger partial charge in [0.15, 0.2) is 11.6 Å². The lowest BCUT2D eigenvalue weighted by Gasteiger charge is -2.22. The van der Waals surface area contributed by atoms with Crippen molar-refractivity contribution in [2.75, 3.05) is 30.6 Å². The second kappa shape index (κ2) is 7.63. The fraction of sp³-hybridized carbons (Fsp3) is 0.158. The van der Waals surface area contributed by atoms with E-state index in [0.717, 1.165) is 11.1 Å². The van der Waals surface area contributed by atoms with Crippen molar-refractivity contribution in [1.82, 2.24) is 15.0 Å². The minimum absolute atomic E-state index is 0.0631. The molecule has 0 spiro atoms. The number of rotatable bonds is 6. The average molecular weight is 334 g/mol. The minimum Gasteiger partial charge on any atom is -0.393 e. The first-order valence-corrected chi connectivity index (χ1v) is 8.06. The smallest absolute Gasteiger partial charge is 0.169 e. The van der Waals surface area contributed by atoms with Gasteiger partial charge < -0.3 is 16.5 Å². The van der Waals surface area contributed by atoms with E-state index in [9.17, 15) is 0 Å². The molecule has 0 amide bonds. The minimum atomic E-state index is -0.0631.